The Kier molecular flexibility index (Phi) is 2.14. The maximum atomic E-state index is 4.36. The van der Waals surface area contributed by atoms with Gasteiger partial charge in [-0.2, -0.15) is 5.10 Å². The van der Waals surface area contributed by atoms with Crippen molar-refractivity contribution in [3.63, 3.8) is 0 Å². The third-order valence-electron chi connectivity index (χ3n) is 3.00. The second kappa shape index (κ2) is 3.66. The van der Waals surface area contributed by atoms with Crippen molar-refractivity contribution in [2.75, 3.05) is 0 Å². The molecule has 4 heteroatoms. The lowest BCUT2D eigenvalue weighted by atomic mass is 10.2. The Morgan fingerprint density at radius 2 is 1.65 bits per heavy atom. The zero-order valence-electron chi connectivity index (χ0n) is 9.88. The normalized spacial score (nSPS) is 10.9. The molecule has 4 nitrogen and oxygen atoms in total. The molecule has 3 aromatic rings. The maximum Gasteiger partial charge on any atom is 0.109 e. The van der Waals surface area contributed by atoms with E-state index >= 15 is 0 Å². The van der Waals surface area contributed by atoms with Gasteiger partial charge in [0.05, 0.1) is 17.1 Å². The number of aromatic nitrogens is 4. The molecule has 0 aliphatic heterocycles. The number of nitrogens with zero attached hydrogens (tertiary/aromatic N) is 3. The second-order valence-electron chi connectivity index (χ2n) is 4.18. The predicted octanol–water partition coefficient (Wildman–Crippen LogP) is 2.42. The van der Waals surface area contributed by atoms with Crippen molar-refractivity contribution in [1.82, 2.24) is 19.3 Å². The number of rotatable bonds is 2. The van der Waals surface area contributed by atoms with Crippen LogP contribution < -0.4 is 0 Å². The fourth-order valence-electron chi connectivity index (χ4n) is 2.05. The summed E-state index contributed by atoms with van der Waals surface area (Å²) in [6, 6.07) is 10.3. The first-order valence-corrected chi connectivity index (χ1v) is 5.54. The van der Waals surface area contributed by atoms with Gasteiger partial charge in [0, 0.05) is 26.5 Å². The minimum atomic E-state index is 0.966. The lowest BCUT2D eigenvalue weighted by Crippen LogP contribution is -1.88. The molecule has 0 saturated heterocycles. The fourth-order valence-corrected chi connectivity index (χ4v) is 2.05. The molecular formula is C13H14N4. The van der Waals surface area contributed by atoms with E-state index in [2.05, 4.69) is 37.5 Å². The number of hydrogen-bond donors (Lipinski definition) is 1. The van der Waals surface area contributed by atoms with Gasteiger partial charge in [0.15, 0.2) is 0 Å². The van der Waals surface area contributed by atoms with E-state index in [1.54, 1.807) is 0 Å². The van der Waals surface area contributed by atoms with Crippen molar-refractivity contribution in [2.45, 2.75) is 0 Å². The van der Waals surface area contributed by atoms with Gasteiger partial charge in [-0.25, -0.2) is 0 Å². The number of nitrogens with one attached hydrogen (secondary N) is 1. The van der Waals surface area contributed by atoms with Crippen LogP contribution in [0.3, 0.4) is 0 Å². The quantitative estimate of drug-likeness (QED) is 0.716. The minimum absolute atomic E-state index is 0.966. The fraction of sp³-hybridized carbons (Fsp3) is 0.154. The van der Waals surface area contributed by atoms with Crippen molar-refractivity contribution >= 4 is 0 Å². The summed E-state index contributed by atoms with van der Waals surface area (Å²) in [7, 11) is 4.05. The Morgan fingerprint density at radius 1 is 1.00 bits per heavy atom. The number of hydrogen-bond acceptors (Lipinski definition) is 1. The SMILES string of the molecule is Cn1cccc1-c1cc(-c2cccn2C)[nH]n1. The molecule has 86 valence electrons. The molecule has 0 aliphatic carbocycles. The highest BCUT2D eigenvalue weighted by molar-refractivity contribution is 5.64. The van der Waals surface area contributed by atoms with Crippen LogP contribution in [-0.4, -0.2) is 19.3 Å². The zero-order chi connectivity index (χ0) is 11.8. The number of aromatic amines is 1. The molecule has 3 rings (SSSR count). The van der Waals surface area contributed by atoms with Crippen LogP contribution in [0.4, 0.5) is 0 Å². The highest BCUT2D eigenvalue weighted by Gasteiger charge is 2.09. The van der Waals surface area contributed by atoms with Gasteiger partial charge in [0.2, 0.25) is 0 Å². The van der Waals surface area contributed by atoms with E-state index in [4.69, 9.17) is 0 Å². The molecule has 3 aromatic heterocycles. The Hall–Kier alpha value is -2.23. The molecule has 0 fully saturated rings. The second-order valence-corrected chi connectivity index (χ2v) is 4.18. The van der Waals surface area contributed by atoms with Crippen LogP contribution in [0.5, 0.6) is 0 Å². The zero-order valence-corrected chi connectivity index (χ0v) is 9.88. The van der Waals surface area contributed by atoms with Crippen molar-refractivity contribution in [3.8, 4) is 22.8 Å². The van der Waals surface area contributed by atoms with Crippen molar-refractivity contribution in [2.24, 2.45) is 14.1 Å². The lowest BCUT2D eigenvalue weighted by Gasteiger charge is -1.98. The smallest absolute Gasteiger partial charge is 0.109 e. The van der Waals surface area contributed by atoms with Gasteiger partial charge >= 0.3 is 0 Å². The average Bonchev–Trinajstić information content (AvgIpc) is 2.97. The Balaban J connectivity index is 2.05. The largest absolute Gasteiger partial charge is 0.349 e. The summed E-state index contributed by atoms with van der Waals surface area (Å²) in [5.41, 5.74) is 4.25. The van der Waals surface area contributed by atoms with E-state index in [1.165, 1.54) is 0 Å². The summed E-state index contributed by atoms with van der Waals surface area (Å²) in [4.78, 5) is 0. The van der Waals surface area contributed by atoms with Crippen LogP contribution in [0.15, 0.2) is 42.7 Å². The predicted molar refractivity (Wildman–Crippen MR) is 67.4 cm³/mol. The van der Waals surface area contributed by atoms with Crippen LogP contribution >= 0.6 is 0 Å². The van der Waals surface area contributed by atoms with E-state index in [1.807, 2.05) is 38.6 Å². The Bertz CT molecular complexity index is 587. The Labute approximate surface area is 99.5 Å². The molecular weight excluding hydrogens is 212 g/mol. The molecule has 0 spiro atoms. The monoisotopic (exact) mass is 226 g/mol. The molecule has 3 heterocycles. The molecule has 0 atom stereocenters. The molecule has 0 saturated carbocycles. The van der Waals surface area contributed by atoms with Crippen LogP contribution in [0.2, 0.25) is 0 Å². The molecule has 0 unspecified atom stereocenters. The summed E-state index contributed by atoms with van der Waals surface area (Å²) < 4.78 is 4.13. The number of H-pyrrole nitrogens is 1. The van der Waals surface area contributed by atoms with Gasteiger partial charge in [0.1, 0.15) is 5.69 Å². The van der Waals surface area contributed by atoms with Gasteiger partial charge in [-0.1, -0.05) is 0 Å². The minimum Gasteiger partial charge on any atom is -0.349 e. The van der Waals surface area contributed by atoms with Gasteiger partial charge in [0.25, 0.3) is 0 Å². The summed E-state index contributed by atoms with van der Waals surface area (Å²) in [5, 5.41) is 7.44. The van der Waals surface area contributed by atoms with E-state index in [9.17, 15) is 0 Å². The summed E-state index contributed by atoms with van der Waals surface area (Å²) >= 11 is 0. The highest BCUT2D eigenvalue weighted by atomic mass is 15.1. The first-order chi connectivity index (χ1) is 8.25. The number of aryl methyl sites for hydroxylation is 2. The van der Waals surface area contributed by atoms with Crippen LogP contribution in [-0.2, 0) is 14.1 Å². The van der Waals surface area contributed by atoms with Crippen LogP contribution in [0.25, 0.3) is 22.8 Å². The molecule has 1 N–H and O–H groups in total. The van der Waals surface area contributed by atoms with E-state index in [0.29, 0.717) is 0 Å². The van der Waals surface area contributed by atoms with Crippen molar-refractivity contribution in [3.05, 3.63) is 42.7 Å². The molecule has 0 aromatic carbocycles. The summed E-state index contributed by atoms with van der Waals surface area (Å²) in [6.45, 7) is 0. The third-order valence-corrected chi connectivity index (χ3v) is 3.00. The molecule has 17 heavy (non-hydrogen) atoms. The average molecular weight is 226 g/mol. The van der Waals surface area contributed by atoms with E-state index < -0.39 is 0 Å². The van der Waals surface area contributed by atoms with Gasteiger partial charge < -0.3 is 9.13 Å². The topological polar surface area (TPSA) is 38.5 Å². The molecule has 0 bridgehead atoms. The first-order valence-electron chi connectivity index (χ1n) is 5.54. The lowest BCUT2D eigenvalue weighted by molar-refractivity contribution is 0.921. The standard InChI is InChI=1S/C13H14N4/c1-16-7-3-5-12(16)10-9-11(15-14-10)13-6-4-8-17(13)2/h3-9H,1-2H3,(H,14,15). The molecule has 0 radical (unpaired) electrons. The summed E-state index contributed by atoms with van der Waals surface area (Å²) in [5.74, 6) is 0. The third kappa shape index (κ3) is 1.58. The Morgan fingerprint density at radius 3 is 2.24 bits per heavy atom. The van der Waals surface area contributed by atoms with Crippen molar-refractivity contribution in [1.29, 1.82) is 0 Å². The van der Waals surface area contributed by atoms with E-state index in [0.717, 1.165) is 22.8 Å². The maximum absolute atomic E-state index is 4.36. The van der Waals surface area contributed by atoms with Crippen molar-refractivity contribution < 1.29 is 0 Å². The molecule has 0 amide bonds. The van der Waals surface area contributed by atoms with Gasteiger partial charge in [-0.05, 0) is 30.3 Å². The summed E-state index contributed by atoms with van der Waals surface area (Å²) in [6.07, 6.45) is 4.05. The van der Waals surface area contributed by atoms with Crippen LogP contribution in [0.1, 0.15) is 0 Å². The highest BCUT2D eigenvalue weighted by Crippen LogP contribution is 2.23. The first kappa shape index (κ1) is 9.96. The van der Waals surface area contributed by atoms with Gasteiger partial charge in [-0.3, -0.25) is 5.10 Å². The van der Waals surface area contributed by atoms with Crippen LogP contribution in [0, 0.1) is 0 Å². The molecule has 0 aliphatic rings. The van der Waals surface area contributed by atoms with E-state index in [-0.39, 0.29) is 0 Å². The van der Waals surface area contributed by atoms with Gasteiger partial charge in [-0.15, -0.1) is 0 Å².